The number of allylic oxidation sites excluding steroid dienone is 1. The number of aromatic amines is 1. The van der Waals surface area contributed by atoms with Gasteiger partial charge in [0.25, 0.3) is 0 Å². The molecule has 5 heteroatoms. The van der Waals surface area contributed by atoms with Crippen molar-refractivity contribution in [3.05, 3.63) is 30.9 Å². The molecule has 16 heavy (non-hydrogen) atoms. The Labute approximate surface area is 93.5 Å². The highest BCUT2D eigenvalue weighted by Gasteiger charge is 2.30. The zero-order valence-electron chi connectivity index (χ0n) is 9.27. The summed E-state index contributed by atoms with van der Waals surface area (Å²) in [6, 6.07) is 0. The van der Waals surface area contributed by atoms with Gasteiger partial charge < -0.3 is 9.72 Å². The van der Waals surface area contributed by atoms with Gasteiger partial charge in [0.15, 0.2) is 11.7 Å². The maximum Gasteiger partial charge on any atom is 0.324 e. The molecule has 0 amide bonds. The van der Waals surface area contributed by atoms with E-state index in [2.05, 4.69) is 16.5 Å². The van der Waals surface area contributed by atoms with Crippen LogP contribution in [0.3, 0.4) is 0 Å². The molecule has 0 radical (unpaired) electrons. The first-order chi connectivity index (χ1) is 7.56. The number of imidazole rings is 1. The predicted octanol–water partition coefficient (Wildman–Crippen LogP) is 1.20. The average Bonchev–Trinajstić information content (AvgIpc) is 2.69. The summed E-state index contributed by atoms with van der Waals surface area (Å²) in [6.45, 7) is 6.79. The third-order valence-corrected chi connectivity index (χ3v) is 1.87. The molecule has 1 aromatic rings. The molecule has 0 saturated heterocycles. The molecule has 0 aromatic carbocycles. The summed E-state index contributed by atoms with van der Waals surface area (Å²) in [5.41, 5.74) is 0. The molecule has 0 aliphatic rings. The first-order valence-electron chi connectivity index (χ1n) is 4.92. The summed E-state index contributed by atoms with van der Waals surface area (Å²) in [5.74, 6) is -1.82. The fourth-order valence-corrected chi connectivity index (χ4v) is 1.22. The maximum atomic E-state index is 11.7. The number of rotatable bonds is 5. The topological polar surface area (TPSA) is 72.1 Å². The number of esters is 1. The minimum Gasteiger partial charge on any atom is -0.462 e. The van der Waals surface area contributed by atoms with Gasteiger partial charge in [-0.2, -0.15) is 0 Å². The molecule has 1 heterocycles. The standard InChI is InChI=1S/C11H14N2O3/c1-4-8(14)9(10-12-5-6-13-10)11(15)16-7(2)3/h4-7,9H,1H2,2-3H3,(H,12,13). The molecular weight excluding hydrogens is 208 g/mol. The molecule has 0 fully saturated rings. The van der Waals surface area contributed by atoms with Crippen LogP contribution in [0.15, 0.2) is 25.0 Å². The van der Waals surface area contributed by atoms with E-state index >= 15 is 0 Å². The van der Waals surface area contributed by atoms with Crippen molar-refractivity contribution in [1.82, 2.24) is 9.97 Å². The van der Waals surface area contributed by atoms with Crippen molar-refractivity contribution in [2.75, 3.05) is 0 Å². The van der Waals surface area contributed by atoms with Crippen LogP contribution in [0.25, 0.3) is 0 Å². The molecule has 0 aliphatic heterocycles. The van der Waals surface area contributed by atoms with Crippen LogP contribution < -0.4 is 0 Å². The Morgan fingerprint density at radius 1 is 1.56 bits per heavy atom. The Morgan fingerprint density at radius 2 is 2.25 bits per heavy atom. The number of hydrogen-bond donors (Lipinski definition) is 1. The Bertz CT molecular complexity index is 382. The third-order valence-electron chi connectivity index (χ3n) is 1.87. The van der Waals surface area contributed by atoms with Gasteiger partial charge in [0, 0.05) is 12.4 Å². The van der Waals surface area contributed by atoms with Crippen LogP contribution in [0.2, 0.25) is 0 Å². The number of carbonyl (C=O) groups is 2. The number of nitrogens with zero attached hydrogens (tertiary/aromatic N) is 1. The van der Waals surface area contributed by atoms with E-state index in [-0.39, 0.29) is 11.9 Å². The van der Waals surface area contributed by atoms with Crippen LogP contribution in [-0.2, 0) is 14.3 Å². The number of hydrogen-bond acceptors (Lipinski definition) is 4. The quantitative estimate of drug-likeness (QED) is 0.461. The average molecular weight is 222 g/mol. The van der Waals surface area contributed by atoms with Gasteiger partial charge in [-0.15, -0.1) is 0 Å². The van der Waals surface area contributed by atoms with Crippen LogP contribution in [0, 0.1) is 0 Å². The zero-order valence-corrected chi connectivity index (χ0v) is 9.27. The highest BCUT2D eigenvalue weighted by atomic mass is 16.5. The molecule has 1 N–H and O–H groups in total. The van der Waals surface area contributed by atoms with Crippen LogP contribution >= 0.6 is 0 Å². The molecule has 0 bridgehead atoms. The van der Waals surface area contributed by atoms with E-state index in [0.29, 0.717) is 0 Å². The molecule has 0 saturated carbocycles. The van der Waals surface area contributed by atoms with E-state index in [0.717, 1.165) is 6.08 Å². The molecule has 1 rings (SSSR count). The monoisotopic (exact) mass is 222 g/mol. The predicted molar refractivity (Wildman–Crippen MR) is 57.8 cm³/mol. The zero-order chi connectivity index (χ0) is 12.1. The van der Waals surface area contributed by atoms with Crippen molar-refractivity contribution < 1.29 is 14.3 Å². The van der Waals surface area contributed by atoms with E-state index in [1.54, 1.807) is 20.0 Å². The number of ketones is 1. The van der Waals surface area contributed by atoms with E-state index in [9.17, 15) is 9.59 Å². The Hall–Kier alpha value is -1.91. The van der Waals surface area contributed by atoms with Crippen molar-refractivity contribution in [2.45, 2.75) is 25.9 Å². The minimum atomic E-state index is -1.05. The molecule has 1 unspecified atom stereocenters. The lowest BCUT2D eigenvalue weighted by atomic mass is 10.0. The van der Waals surface area contributed by atoms with Crippen LogP contribution in [0.1, 0.15) is 25.6 Å². The van der Waals surface area contributed by atoms with Gasteiger partial charge in [-0.05, 0) is 19.9 Å². The molecule has 1 atom stereocenters. The van der Waals surface area contributed by atoms with Gasteiger partial charge in [-0.25, -0.2) is 4.98 Å². The van der Waals surface area contributed by atoms with E-state index in [1.807, 2.05) is 0 Å². The molecule has 0 spiro atoms. The van der Waals surface area contributed by atoms with Gasteiger partial charge in [0.2, 0.25) is 0 Å². The lowest BCUT2D eigenvalue weighted by Crippen LogP contribution is -2.26. The lowest BCUT2D eigenvalue weighted by Gasteiger charge is -2.13. The Balaban J connectivity index is 2.92. The summed E-state index contributed by atoms with van der Waals surface area (Å²) < 4.78 is 4.99. The van der Waals surface area contributed by atoms with Gasteiger partial charge in [-0.3, -0.25) is 9.59 Å². The second-order valence-electron chi connectivity index (χ2n) is 3.50. The number of carbonyl (C=O) groups excluding carboxylic acids is 2. The summed E-state index contributed by atoms with van der Waals surface area (Å²) in [5, 5.41) is 0. The first kappa shape index (κ1) is 12.2. The maximum absolute atomic E-state index is 11.7. The Kier molecular flexibility index (Phi) is 3.99. The van der Waals surface area contributed by atoms with E-state index < -0.39 is 17.7 Å². The van der Waals surface area contributed by atoms with Gasteiger partial charge >= 0.3 is 5.97 Å². The van der Waals surface area contributed by atoms with Crippen molar-refractivity contribution in [3.63, 3.8) is 0 Å². The second kappa shape index (κ2) is 5.25. The molecule has 0 aliphatic carbocycles. The number of H-pyrrole nitrogens is 1. The smallest absolute Gasteiger partial charge is 0.324 e. The minimum absolute atomic E-state index is 0.274. The van der Waals surface area contributed by atoms with Gasteiger partial charge in [-0.1, -0.05) is 6.58 Å². The number of aromatic nitrogens is 2. The fourth-order valence-electron chi connectivity index (χ4n) is 1.22. The van der Waals surface area contributed by atoms with Gasteiger partial charge in [0.1, 0.15) is 5.82 Å². The Morgan fingerprint density at radius 3 is 2.69 bits per heavy atom. The largest absolute Gasteiger partial charge is 0.462 e. The highest BCUT2D eigenvalue weighted by Crippen LogP contribution is 2.16. The van der Waals surface area contributed by atoms with Crippen molar-refractivity contribution in [3.8, 4) is 0 Å². The summed E-state index contributed by atoms with van der Waals surface area (Å²) in [6.07, 6.45) is 3.83. The fraction of sp³-hybridized carbons (Fsp3) is 0.364. The molecule has 1 aromatic heterocycles. The summed E-state index contributed by atoms with van der Waals surface area (Å²) >= 11 is 0. The SMILES string of the molecule is C=CC(=O)C(C(=O)OC(C)C)c1ncc[nH]1. The van der Waals surface area contributed by atoms with Gasteiger partial charge in [0.05, 0.1) is 6.10 Å². The molecular formula is C11H14N2O3. The van der Waals surface area contributed by atoms with Crippen LogP contribution in [-0.4, -0.2) is 27.8 Å². The van der Waals surface area contributed by atoms with Crippen molar-refractivity contribution in [1.29, 1.82) is 0 Å². The highest BCUT2D eigenvalue weighted by molar-refractivity contribution is 6.08. The molecule has 5 nitrogen and oxygen atoms in total. The van der Waals surface area contributed by atoms with Crippen molar-refractivity contribution >= 4 is 11.8 Å². The second-order valence-corrected chi connectivity index (χ2v) is 3.50. The summed E-state index contributed by atoms with van der Waals surface area (Å²) in [4.78, 5) is 29.9. The van der Waals surface area contributed by atoms with E-state index in [1.165, 1.54) is 6.20 Å². The van der Waals surface area contributed by atoms with E-state index in [4.69, 9.17) is 4.74 Å². The summed E-state index contributed by atoms with van der Waals surface area (Å²) in [7, 11) is 0. The normalized spacial score (nSPS) is 12.2. The molecule has 86 valence electrons. The first-order valence-corrected chi connectivity index (χ1v) is 4.92. The van der Waals surface area contributed by atoms with Crippen molar-refractivity contribution in [2.24, 2.45) is 0 Å². The third kappa shape index (κ3) is 2.79. The number of nitrogens with one attached hydrogen (secondary N) is 1. The lowest BCUT2D eigenvalue weighted by molar-refractivity contribution is -0.151. The van der Waals surface area contributed by atoms with Crippen LogP contribution in [0.5, 0.6) is 0 Å². The van der Waals surface area contributed by atoms with Crippen LogP contribution in [0.4, 0.5) is 0 Å². The number of ether oxygens (including phenoxy) is 1.